The highest BCUT2D eigenvalue weighted by Gasteiger charge is 2.33. The Kier molecular flexibility index (Phi) is 6.06. The lowest BCUT2D eigenvalue weighted by Gasteiger charge is -2.40. The minimum atomic E-state index is 0.102. The van der Waals surface area contributed by atoms with Crippen LogP contribution in [0.5, 0.6) is 0 Å². The van der Waals surface area contributed by atoms with E-state index in [1.54, 1.807) is 0 Å². The highest BCUT2D eigenvalue weighted by atomic mass is 16.3. The van der Waals surface area contributed by atoms with Crippen LogP contribution in [0.4, 0.5) is 0 Å². The molecule has 4 nitrogen and oxygen atoms in total. The normalized spacial score (nSPS) is 30.0. The molecule has 2 fully saturated rings. The number of hydrogen-bond acceptors (Lipinski definition) is 3. The summed E-state index contributed by atoms with van der Waals surface area (Å²) in [5.74, 6) is 0.799. The molecule has 1 saturated heterocycles. The van der Waals surface area contributed by atoms with Crippen LogP contribution in [0, 0.1) is 11.3 Å². The number of hydrogen-bond donors (Lipinski definition) is 2. The largest absolute Gasteiger partial charge is 0.396 e. The van der Waals surface area contributed by atoms with Crippen LogP contribution in [0.1, 0.15) is 58.8 Å². The molecule has 2 atom stereocenters. The number of aliphatic hydroxyl groups is 1. The Morgan fingerprint density at radius 1 is 1.29 bits per heavy atom. The molecule has 4 heteroatoms. The van der Waals surface area contributed by atoms with Crippen LogP contribution in [0.15, 0.2) is 0 Å². The predicted molar refractivity (Wildman–Crippen MR) is 85.0 cm³/mol. The smallest absolute Gasteiger partial charge is 0.234 e. The lowest BCUT2D eigenvalue weighted by molar-refractivity contribution is -0.124. The summed E-state index contributed by atoms with van der Waals surface area (Å²) in [5.41, 5.74) is 0.102. The van der Waals surface area contributed by atoms with Gasteiger partial charge >= 0.3 is 0 Å². The maximum absolute atomic E-state index is 12.2. The number of aliphatic hydroxyl groups excluding tert-OH is 1. The molecule has 0 aromatic heterocycles. The van der Waals surface area contributed by atoms with Gasteiger partial charge in [0.05, 0.1) is 6.54 Å². The van der Waals surface area contributed by atoms with Gasteiger partial charge in [0.2, 0.25) is 5.91 Å². The van der Waals surface area contributed by atoms with E-state index in [0.29, 0.717) is 18.5 Å². The number of carbonyl (C=O) groups is 1. The molecule has 1 aliphatic heterocycles. The summed E-state index contributed by atoms with van der Waals surface area (Å²) < 4.78 is 0. The van der Waals surface area contributed by atoms with E-state index in [1.807, 2.05) is 0 Å². The van der Waals surface area contributed by atoms with E-state index in [4.69, 9.17) is 0 Å². The number of nitrogens with zero attached hydrogens (tertiary/aromatic N) is 1. The minimum absolute atomic E-state index is 0.102. The van der Waals surface area contributed by atoms with E-state index >= 15 is 0 Å². The maximum Gasteiger partial charge on any atom is 0.234 e. The van der Waals surface area contributed by atoms with Gasteiger partial charge in [-0.05, 0) is 56.5 Å². The fourth-order valence-corrected chi connectivity index (χ4v) is 3.80. The van der Waals surface area contributed by atoms with Crippen LogP contribution in [0.25, 0.3) is 0 Å². The maximum atomic E-state index is 12.2. The molecule has 2 rings (SSSR count). The molecule has 1 aliphatic carbocycles. The predicted octanol–water partition coefficient (Wildman–Crippen LogP) is 2.17. The van der Waals surface area contributed by atoms with Crippen LogP contribution in [-0.2, 0) is 4.79 Å². The van der Waals surface area contributed by atoms with E-state index in [0.717, 1.165) is 38.8 Å². The zero-order valence-corrected chi connectivity index (χ0v) is 13.7. The Bertz CT molecular complexity index is 332. The van der Waals surface area contributed by atoms with Crippen molar-refractivity contribution in [3.63, 3.8) is 0 Å². The standard InChI is InChI=1S/C17H32N2O2/c1-3-17(13-20)8-10-19(11-9-17)12-16(21)18-15-7-5-4-6-14(15)2/h14-15,20H,3-13H2,1-2H3,(H,18,21). The van der Waals surface area contributed by atoms with Crippen molar-refractivity contribution in [1.82, 2.24) is 10.2 Å². The van der Waals surface area contributed by atoms with E-state index in [9.17, 15) is 9.90 Å². The summed E-state index contributed by atoms with van der Waals surface area (Å²) in [5, 5.41) is 12.8. The van der Waals surface area contributed by atoms with Gasteiger partial charge in [-0.1, -0.05) is 26.7 Å². The Morgan fingerprint density at radius 2 is 1.95 bits per heavy atom. The van der Waals surface area contributed by atoms with Gasteiger partial charge < -0.3 is 10.4 Å². The molecule has 0 aromatic rings. The Morgan fingerprint density at radius 3 is 2.52 bits per heavy atom. The lowest BCUT2D eigenvalue weighted by atomic mass is 9.77. The first-order chi connectivity index (χ1) is 10.1. The number of rotatable bonds is 5. The molecule has 0 radical (unpaired) electrons. The van der Waals surface area contributed by atoms with Gasteiger partial charge in [0.15, 0.2) is 0 Å². The molecule has 0 spiro atoms. The fourth-order valence-electron chi connectivity index (χ4n) is 3.80. The van der Waals surface area contributed by atoms with E-state index < -0.39 is 0 Å². The van der Waals surface area contributed by atoms with Crippen molar-refractivity contribution in [2.24, 2.45) is 11.3 Å². The average Bonchev–Trinajstić information content (AvgIpc) is 2.51. The molecule has 1 saturated carbocycles. The summed E-state index contributed by atoms with van der Waals surface area (Å²) in [4.78, 5) is 14.5. The zero-order chi connectivity index (χ0) is 15.3. The van der Waals surface area contributed by atoms with Crippen LogP contribution in [0.2, 0.25) is 0 Å². The number of nitrogens with one attached hydrogen (secondary N) is 1. The second-order valence-electron chi connectivity index (χ2n) is 7.22. The molecule has 2 N–H and O–H groups in total. The second kappa shape index (κ2) is 7.59. The van der Waals surface area contributed by atoms with Gasteiger partial charge in [-0.25, -0.2) is 0 Å². The number of likely N-dealkylation sites (tertiary alicyclic amines) is 1. The highest BCUT2D eigenvalue weighted by molar-refractivity contribution is 5.78. The molecule has 122 valence electrons. The molecule has 1 heterocycles. The molecule has 2 unspecified atom stereocenters. The fraction of sp³-hybridized carbons (Fsp3) is 0.941. The van der Waals surface area contributed by atoms with Crippen LogP contribution < -0.4 is 5.32 Å². The average molecular weight is 296 g/mol. The molecule has 0 bridgehead atoms. The summed E-state index contributed by atoms with van der Waals surface area (Å²) in [6.45, 7) is 7.08. The summed E-state index contributed by atoms with van der Waals surface area (Å²) in [6, 6.07) is 0.378. The molecule has 2 aliphatic rings. The quantitative estimate of drug-likeness (QED) is 0.817. The van der Waals surface area contributed by atoms with Crippen molar-refractivity contribution in [1.29, 1.82) is 0 Å². The van der Waals surface area contributed by atoms with Crippen molar-refractivity contribution < 1.29 is 9.90 Å². The van der Waals surface area contributed by atoms with Gasteiger partial charge in [-0.3, -0.25) is 9.69 Å². The minimum Gasteiger partial charge on any atom is -0.396 e. The second-order valence-corrected chi connectivity index (χ2v) is 7.22. The number of amides is 1. The third-order valence-electron chi connectivity index (χ3n) is 5.83. The monoisotopic (exact) mass is 296 g/mol. The van der Waals surface area contributed by atoms with E-state index in [-0.39, 0.29) is 17.9 Å². The van der Waals surface area contributed by atoms with Gasteiger partial charge in [0, 0.05) is 12.6 Å². The van der Waals surface area contributed by atoms with Gasteiger partial charge in [0.1, 0.15) is 0 Å². The van der Waals surface area contributed by atoms with Gasteiger partial charge in [-0.2, -0.15) is 0 Å². The van der Waals surface area contributed by atoms with Crippen LogP contribution in [-0.4, -0.2) is 48.2 Å². The van der Waals surface area contributed by atoms with Crippen molar-refractivity contribution in [2.45, 2.75) is 64.8 Å². The first-order valence-electron chi connectivity index (χ1n) is 8.71. The van der Waals surface area contributed by atoms with Crippen molar-refractivity contribution >= 4 is 5.91 Å². The summed E-state index contributed by atoms with van der Waals surface area (Å²) in [6.07, 6.45) is 7.97. The summed E-state index contributed by atoms with van der Waals surface area (Å²) >= 11 is 0. The topological polar surface area (TPSA) is 52.6 Å². The van der Waals surface area contributed by atoms with E-state index in [2.05, 4.69) is 24.1 Å². The SMILES string of the molecule is CCC1(CO)CCN(CC(=O)NC2CCCCC2C)CC1. The third-order valence-corrected chi connectivity index (χ3v) is 5.83. The molecular formula is C17H32N2O2. The Labute approximate surface area is 129 Å². The van der Waals surface area contributed by atoms with Gasteiger partial charge in [-0.15, -0.1) is 0 Å². The van der Waals surface area contributed by atoms with Crippen LogP contribution in [0.3, 0.4) is 0 Å². The molecule has 1 amide bonds. The van der Waals surface area contributed by atoms with Crippen molar-refractivity contribution in [2.75, 3.05) is 26.2 Å². The highest BCUT2D eigenvalue weighted by Crippen LogP contribution is 2.34. The Balaban J connectivity index is 1.74. The summed E-state index contributed by atoms with van der Waals surface area (Å²) in [7, 11) is 0. The van der Waals surface area contributed by atoms with Gasteiger partial charge in [0.25, 0.3) is 0 Å². The first-order valence-corrected chi connectivity index (χ1v) is 8.71. The van der Waals surface area contributed by atoms with E-state index in [1.165, 1.54) is 19.3 Å². The zero-order valence-electron chi connectivity index (χ0n) is 13.7. The molecule has 0 aromatic carbocycles. The first kappa shape index (κ1) is 16.8. The number of carbonyl (C=O) groups excluding carboxylic acids is 1. The van der Waals surface area contributed by atoms with Crippen molar-refractivity contribution in [3.8, 4) is 0 Å². The third kappa shape index (κ3) is 4.43. The molecule has 21 heavy (non-hydrogen) atoms. The number of piperidine rings is 1. The van der Waals surface area contributed by atoms with Crippen LogP contribution >= 0.6 is 0 Å². The lowest BCUT2D eigenvalue weighted by Crippen LogP contribution is -2.49. The Hall–Kier alpha value is -0.610. The molecular weight excluding hydrogens is 264 g/mol. The van der Waals surface area contributed by atoms with Crippen molar-refractivity contribution in [3.05, 3.63) is 0 Å².